The minimum atomic E-state index is -0.570. The molecule has 0 spiro atoms. The third kappa shape index (κ3) is 3.69. The minimum absolute atomic E-state index is 0.0890. The number of anilines is 2. The first-order chi connectivity index (χ1) is 13.2. The Kier molecular flexibility index (Phi) is 4.36. The van der Waals surface area contributed by atoms with Crippen molar-refractivity contribution < 1.29 is 18.0 Å². The molecule has 0 aliphatic heterocycles. The molecule has 0 saturated carbocycles. The van der Waals surface area contributed by atoms with Crippen LogP contribution in [0.25, 0.3) is 23.1 Å². The van der Waals surface area contributed by atoms with E-state index in [1.165, 1.54) is 18.4 Å². The summed E-state index contributed by atoms with van der Waals surface area (Å²) in [4.78, 5) is 12.1. The fourth-order valence-corrected chi connectivity index (χ4v) is 2.42. The van der Waals surface area contributed by atoms with Crippen molar-refractivity contribution in [3.63, 3.8) is 0 Å². The predicted octanol–water partition coefficient (Wildman–Crippen LogP) is 4.78. The third-order valence-electron chi connectivity index (χ3n) is 3.65. The second kappa shape index (κ2) is 7.12. The summed E-state index contributed by atoms with van der Waals surface area (Å²) in [5, 5.41) is 13.0. The highest BCUT2D eigenvalue weighted by Gasteiger charge is 2.13. The number of urea groups is 1. The van der Waals surface area contributed by atoms with Gasteiger partial charge in [-0.25, -0.2) is 9.18 Å². The van der Waals surface area contributed by atoms with Gasteiger partial charge in [-0.3, -0.25) is 0 Å². The Hall–Kier alpha value is -3.94. The van der Waals surface area contributed by atoms with E-state index < -0.39 is 11.8 Å². The second-order valence-electron chi connectivity index (χ2n) is 5.53. The molecule has 2 heterocycles. The first kappa shape index (κ1) is 16.5. The number of nitrogens with one attached hydrogen (secondary N) is 2. The van der Waals surface area contributed by atoms with Gasteiger partial charge in [0, 0.05) is 11.3 Å². The summed E-state index contributed by atoms with van der Waals surface area (Å²) in [6.07, 6.45) is 1.51. The molecule has 0 atom stereocenters. The standard InChI is InChI=1S/C19H13FN4O3/c20-14-7-1-2-8-15(14)22-19(25)21-13-6-3-5-12(11-13)17-23-24-18(27-17)16-9-4-10-26-16/h1-11H,(H2,21,22,25). The Morgan fingerprint density at radius 1 is 0.926 bits per heavy atom. The van der Waals surface area contributed by atoms with Crippen LogP contribution in [0.5, 0.6) is 0 Å². The van der Waals surface area contributed by atoms with Gasteiger partial charge in [-0.15, -0.1) is 10.2 Å². The highest BCUT2D eigenvalue weighted by atomic mass is 19.1. The van der Waals surface area contributed by atoms with Crippen LogP contribution < -0.4 is 10.6 Å². The Labute approximate surface area is 152 Å². The van der Waals surface area contributed by atoms with E-state index in [0.717, 1.165) is 0 Å². The fraction of sp³-hybridized carbons (Fsp3) is 0. The van der Waals surface area contributed by atoms with E-state index in [4.69, 9.17) is 8.83 Å². The van der Waals surface area contributed by atoms with E-state index in [1.807, 2.05) is 0 Å². The number of carbonyl (C=O) groups excluding carboxylic acids is 1. The van der Waals surface area contributed by atoms with E-state index in [0.29, 0.717) is 17.0 Å². The maximum absolute atomic E-state index is 13.6. The molecule has 4 rings (SSSR count). The number of hydrogen-bond donors (Lipinski definition) is 2. The molecule has 7 nitrogen and oxygen atoms in total. The summed E-state index contributed by atoms with van der Waals surface area (Å²) in [5.74, 6) is 0.482. The molecule has 2 aromatic carbocycles. The van der Waals surface area contributed by atoms with Crippen molar-refractivity contribution in [3.8, 4) is 23.1 Å². The molecule has 0 fully saturated rings. The number of hydrogen-bond acceptors (Lipinski definition) is 5. The summed E-state index contributed by atoms with van der Waals surface area (Å²) in [6, 6.07) is 15.6. The SMILES string of the molecule is O=C(Nc1cccc(-c2nnc(-c3ccco3)o2)c1)Nc1ccccc1F. The van der Waals surface area contributed by atoms with Crippen molar-refractivity contribution in [3.05, 3.63) is 72.7 Å². The van der Waals surface area contributed by atoms with Crippen molar-refractivity contribution in [2.75, 3.05) is 10.6 Å². The summed E-state index contributed by atoms with van der Waals surface area (Å²) >= 11 is 0. The van der Waals surface area contributed by atoms with Crippen molar-refractivity contribution in [2.24, 2.45) is 0 Å². The molecule has 134 valence electrons. The molecule has 2 N–H and O–H groups in total. The maximum atomic E-state index is 13.6. The number of benzene rings is 2. The Bertz CT molecular complexity index is 1080. The van der Waals surface area contributed by atoms with Crippen LogP contribution in [0.15, 0.2) is 75.8 Å². The first-order valence-electron chi connectivity index (χ1n) is 7.99. The van der Waals surface area contributed by atoms with Gasteiger partial charge in [-0.05, 0) is 42.5 Å². The Morgan fingerprint density at radius 2 is 1.78 bits per heavy atom. The number of aromatic nitrogens is 2. The monoisotopic (exact) mass is 364 g/mol. The molecule has 0 saturated heterocycles. The van der Waals surface area contributed by atoms with E-state index in [-0.39, 0.29) is 17.5 Å². The van der Waals surface area contributed by atoms with Crippen LogP contribution in [-0.2, 0) is 0 Å². The average molecular weight is 364 g/mol. The lowest BCUT2D eigenvalue weighted by Crippen LogP contribution is -2.20. The lowest BCUT2D eigenvalue weighted by Gasteiger charge is -2.08. The molecule has 27 heavy (non-hydrogen) atoms. The van der Waals surface area contributed by atoms with Gasteiger partial charge < -0.3 is 19.5 Å². The summed E-state index contributed by atoms with van der Waals surface area (Å²) in [7, 11) is 0. The minimum Gasteiger partial charge on any atom is -0.459 e. The number of halogens is 1. The zero-order valence-corrected chi connectivity index (χ0v) is 13.8. The van der Waals surface area contributed by atoms with Crippen molar-refractivity contribution in [2.45, 2.75) is 0 Å². The molecule has 0 bridgehead atoms. The van der Waals surface area contributed by atoms with Crippen LogP contribution in [0.1, 0.15) is 0 Å². The first-order valence-corrected chi connectivity index (χ1v) is 7.99. The quantitative estimate of drug-likeness (QED) is 0.543. The van der Waals surface area contributed by atoms with Gasteiger partial charge in [0.15, 0.2) is 5.76 Å². The van der Waals surface area contributed by atoms with Crippen LogP contribution in [0.2, 0.25) is 0 Å². The number of amides is 2. The van der Waals surface area contributed by atoms with Crippen molar-refractivity contribution in [1.29, 1.82) is 0 Å². The highest BCUT2D eigenvalue weighted by molar-refractivity contribution is 6.00. The van der Waals surface area contributed by atoms with Crippen LogP contribution in [0.4, 0.5) is 20.6 Å². The largest absolute Gasteiger partial charge is 0.459 e. The Balaban J connectivity index is 1.49. The second-order valence-corrected chi connectivity index (χ2v) is 5.53. The predicted molar refractivity (Wildman–Crippen MR) is 96.5 cm³/mol. The van der Waals surface area contributed by atoms with Crippen LogP contribution in [0.3, 0.4) is 0 Å². The lowest BCUT2D eigenvalue weighted by atomic mass is 10.2. The fourth-order valence-electron chi connectivity index (χ4n) is 2.42. The molecule has 4 aromatic rings. The molecule has 8 heteroatoms. The molecule has 0 unspecified atom stereocenters. The number of rotatable bonds is 4. The summed E-state index contributed by atoms with van der Waals surface area (Å²) in [6.45, 7) is 0. The van der Waals surface area contributed by atoms with Gasteiger partial charge in [0.25, 0.3) is 5.89 Å². The van der Waals surface area contributed by atoms with Gasteiger partial charge in [0.1, 0.15) is 5.82 Å². The third-order valence-corrected chi connectivity index (χ3v) is 3.65. The zero-order chi connectivity index (χ0) is 18.6. The highest BCUT2D eigenvalue weighted by Crippen LogP contribution is 2.26. The molecular formula is C19H13FN4O3. The van der Waals surface area contributed by atoms with Crippen LogP contribution >= 0.6 is 0 Å². The van der Waals surface area contributed by atoms with E-state index >= 15 is 0 Å². The van der Waals surface area contributed by atoms with E-state index in [9.17, 15) is 9.18 Å². The Morgan fingerprint density at radius 3 is 2.59 bits per heavy atom. The lowest BCUT2D eigenvalue weighted by molar-refractivity contribution is 0.262. The molecule has 2 amide bonds. The summed E-state index contributed by atoms with van der Waals surface area (Å²) < 4.78 is 24.4. The van der Waals surface area contributed by atoms with E-state index in [2.05, 4.69) is 20.8 Å². The molecule has 2 aromatic heterocycles. The number of carbonyl (C=O) groups is 1. The molecule has 0 radical (unpaired) electrons. The zero-order valence-electron chi connectivity index (χ0n) is 13.8. The van der Waals surface area contributed by atoms with Crippen LogP contribution in [-0.4, -0.2) is 16.2 Å². The van der Waals surface area contributed by atoms with Crippen molar-refractivity contribution in [1.82, 2.24) is 10.2 Å². The van der Waals surface area contributed by atoms with Crippen molar-refractivity contribution >= 4 is 17.4 Å². The topological polar surface area (TPSA) is 93.2 Å². The van der Waals surface area contributed by atoms with Gasteiger partial charge >= 0.3 is 6.03 Å². The summed E-state index contributed by atoms with van der Waals surface area (Å²) in [5.41, 5.74) is 1.19. The normalized spacial score (nSPS) is 10.6. The number of nitrogens with zero attached hydrogens (tertiary/aromatic N) is 2. The number of furan rings is 1. The molecule has 0 aliphatic carbocycles. The average Bonchev–Trinajstić information content (AvgIpc) is 3.35. The van der Waals surface area contributed by atoms with Crippen LogP contribution in [0, 0.1) is 5.82 Å². The van der Waals surface area contributed by atoms with Gasteiger partial charge in [0.05, 0.1) is 12.0 Å². The number of para-hydroxylation sites is 1. The van der Waals surface area contributed by atoms with Gasteiger partial charge in [-0.2, -0.15) is 0 Å². The molecule has 0 aliphatic rings. The van der Waals surface area contributed by atoms with Gasteiger partial charge in [-0.1, -0.05) is 18.2 Å². The maximum Gasteiger partial charge on any atom is 0.323 e. The van der Waals surface area contributed by atoms with E-state index in [1.54, 1.807) is 48.5 Å². The smallest absolute Gasteiger partial charge is 0.323 e. The molecular weight excluding hydrogens is 351 g/mol. The van der Waals surface area contributed by atoms with Gasteiger partial charge in [0.2, 0.25) is 5.89 Å².